The molecule has 0 radical (unpaired) electrons. The minimum atomic E-state index is -4.91. The third-order valence-electron chi connectivity index (χ3n) is 4.63. The highest BCUT2D eigenvalue weighted by Crippen LogP contribution is 2.36. The molecule has 0 atom stereocenters. The second-order valence-electron chi connectivity index (χ2n) is 6.67. The molecule has 0 unspecified atom stereocenters. The Labute approximate surface area is 193 Å². The van der Waals surface area contributed by atoms with E-state index in [1.807, 2.05) is 5.32 Å². The van der Waals surface area contributed by atoms with Gasteiger partial charge in [0.05, 0.1) is 48.2 Å². The number of alkyl halides is 6. The average molecular weight is 513 g/mol. The summed E-state index contributed by atoms with van der Waals surface area (Å²) in [5.41, 5.74) is -6.98. The van der Waals surface area contributed by atoms with Crippen LogP contribution < -0.4 is 5.32 Å². The van der Waals surface area contributed by atoms with Gasteiger partial charge in [-0.25, -0.2) is 0 Å². The van der Waals surface area contributed by atoms with Crippen LogP contribution in [0.2, 0.25) is 5.02 Å². The molecule has 0 aliphatic heterocycles. The Morgan fingerprint density at radius 2 is 1.53 bits per heavy atom. The van der Waals surface area contributed by atoms with Crippen LogP contribution in [0.4, 0.5) is 26.3 Å². The van der Waals surface area contributed by atoms with Gasteiger partial charge in [0.25, 0.3) is 5.91 Å². The van der Waals surface area contributed by atoms with Crippen LogP contribution in [0.5, 0.6) is 0 Å². The van der Waals surface area contributed by atoms with Gasteiger partial charge in [-0.05, 0) is 18.2 Å². The molecule has 0 saturated heterocycles. The van der Waals surface area contributed by atoms with E-state index in [0.717, 1.165) is 32.4 Å². The number of rotatable bonds is 6. The molecule has 184 valence electrons. The van der Waals surface area contributed by atoms with Crippen LogP contribution in [0.15, 0.2) is 36.5 Å². The molecule has 1 heterocycles. The summed E-state index contributed by atoms with van der Waals surface area (Å²) in [6.45, 7) is -1.10. The number of ether oxygens (including phenoxy) is 2. The predicted octanol–water partition coefficient (Wildman–Crippen LogP) is 3.79. The first-order chi connectivity index (χ1) is 15.7. The Hall–Kier alpha value is -3.35. The fourth-order valence-corrected chi connectivity index (χ4v) is 3.32. The number of pyridine rings is 1. The van der Waals surface area contributed by atoms with Crippen molar-refractivity contribution in [3.63, 3.8) is 0 Å². The number of carbonyl (C=O) groups excluding carboxylic acids is 3. The summed E-state index contributed by atoms with van der Waals surface area (Å²) in [5.74, 6) is -4.25. The highest BCUT2D eigenvalue weighted by molar-refractivity contribution is 6.32. The summed E-state index contributed by atoms with van der Waals surface area (Å²) < 4.78 is 87.9. The molecule has 0 bridgehead atoms. The second-order valence-corrected chi connectivity index (χ2v) is 7.07. The van der Waals surface area contributed by atoms with Crippen molar-refractivity contribution in [2.24, 2.45) is 0 Å². The molecule has 7 nitrogen and oxygen atoms in total. The highest BCUT2D eigenvalue weighted by Gasteiger charge is 2.53. The first-order valence-electron chi connectivity index (χ1n) is 9.04. The second kappa shape index (κ2) is 9.87. The van der Waals surface area contributed by atoms with E-state index in [4.69, 9.17) is 11.6 Å². The lowest BCUT2D eigenvalue weighted by atomic mass is 9.83. The van der Waals surface area contributed by atoms with Gasteiger partial charge in [0.15, 0.2) is 0 Å². The summed E-state index contributed by atoms with van der Waals surface area (Å²) in [6, 6.07) is 4.05. The van der Waals surface area contributed by atoms with E-state index < -0.39 is 69.6 Å². The van der Waals surface area contributed by atoms with Gasteiger partial charge < -0.3 is 14.8 Å². The number of carbonyl (C=O) groups is 3. The maximum Gasteiger partial charge on any atom is 0.417 e. The number of methoxy groups -OCH3 is 2. The van der Waals surface area contributed by atoms with Crippen LogP contribution in [0.3, 0.4) is 0 Å². The molecule has 0 aliphatic carbocycles. The van der Waals surface area contributed by atoms with E-state index in [1.165, 1.54) is 0 Å². The normalized spacial score (nSPS) is 12.1. The Balaban J connectivity index is 2.59. The van der Waals surface area contributed by atoms with Gasteiger partial charge in [0.2, 0.25) is 5.41 Å². The summed E-state index contributed by atoms with van der Waals surface area (Å²) >= 11 is 5.90. The standard InChI is InChI=1S/C20H15ClF6N2O5/c1-33-16(31)18(17(32)34-2,14-13(21)7-10(8-28-14)19(22,23)24)9-29-15(30)11-5-3-4-6-12(11)20(25,26)27/h3-8H,9H2,1-2H3,(H,29,30). The molecular weight excluding hydrogens is 498 g/mol. The number of benzene rings is 1. The van der Waals surface area contributed by atoms with Gasteiger partial charge in [-0.1, -0.05) is 23.7 Å². The average Bonchev–Trinajstić information content (AvgIpc) is 2.78. The SMILES string of the molecule is COC(=O)C(CNC(=O)c1ccccc1C(F)(F)F)(C(=O)OC)c1ncc(C(F)(F)F)cc1Cl. The van der Waals surface area contributed by atoms with E-state index in [2.05, 4.69) is 14.5 Å². The van der Waals surface area contributed by atoms with Gasteiger partial charge in [-0.3, -0.25) is 19.4 Å². The smallest absolute Gasteiger partial charge is 0.417 e. The zero-order chi connectivity index (χ0) is 25.9. The minimum Gasteiger partial charge on any atom is -0.468 e. The van der Waals surface area contributed by atoms with Crippen LogP contribution in [0.1, 0.15) is 27.2 Å². The van der Waals surface area contributed by atoms with Crippen LogP contribution in [-0.4, -0.2) is 43.6 Å². The van der Waals surface area contributed by atoms with Crippen molar-refractivity contribution in [2.75, 3.05) is 20.8 Å². The van der Waals surface area contributed by atoms with Crippen LogP contribution in [-0.2, 0) is 36.8 Å². The van der Waals surface area contributed by atoms with E-state index in [-0.39, 0.29) is 6.20 Å². The van der Waals surface area contributed by atoms with E-state index >= 15 is 0 Å². The molecule has 0 saturated carbocycles. The van der Waals surface area contributed by atoms with Crippen molar-refractivity contribution < 1.29 is 50.2 Å². The van der Waals surface area contributed by atoms with Crippen molar-refractivity contribution in [1.29, 1.82) is 0 Å². The number of amides is 1. The maximum atomic E-state index is 13.3. The summed E-state index contributed by atoms with van der Waals surface area (Å²) in [6.07, 6.45) is -9.50. The number of halogens is 7. The van der Waals surface area contributed by atoms with Gasteiger partial charge in [-0.2, -0.15) is 26.3 Å². The summed E-state index contributed by atoms with van der Waals surface area (Å²) in [4.78, 5) is 41.4. The zero-order valence-corrected chi connectivity index (χ0v) is 18.1. The largest absolute Gasteiger partial charge is 0.468 e. The molecule has 2 rings (SSSR count). The number of esters is 2. The fourth-order valence-electron chi connectivity index (χ4n) is 3.00. The Bertz CT molecular complexity index is 1090. The Morgan fingerprint density at radius 3 is 2.00 bits per heavy atom. The van der Waals surface area contributed by atoms with Gasteiger partial charge in [0, 0.05) is 6.20 Å². The molecule has 0 fully saturated rings. The maximum absolute atomic E-state index is 13.3. The fraction of sp³-hybridized carbons (Fsp3) is 0.300. The van der Waals surface area contributed by atoms with Crippen molar-refractivity contribution in [3.8, 4) is 0 Å². The molecule has 14 heteroatoms. The molecule has 1 aromatic carbocycles. The number of nitrogens with one attached hydrogen (secondary N) is 1. The number of nitrogens with zero attached hydrogens (tertiary/aromatic N) is 1. The first kappa shape index (κ1) is 26.9. The Kier molecular flexibility index (Phi) is 7.81. The van der Waals surface area contributed by atoms with Gasteiger partial charge >= 0.3 is 24.3 Å². The van der Waals surface area contributed by atoms with Crippen molar-refractivity contribution in [2.45, 2.75) is 17.8 Å². The molecule has 0 aliphatic rings. The lowest BCUT2D eigenvalue weighted by Gasteiger charge is -2.29. The van der Waals surface area contributed by atoms with E-state index in [0.29, 0.717) is 12.1 Å². The third-order valence-corrected chi connectivity index (χ3v) is 4.92. The molecule has 0 spiro atoms. The van der Waals surface area contributed by atoms with E-state index in [9.17, 15) is 40.7 Å². The van der Waals surface area contributed by atoms with Gasteiger partial charge in [0.1, 0.15) is 0 Å². The lowest BCUT2D eigenvalue weighted by Crippen LogP contribution is -2.54. The zero-order valence-electron chi connectivity index (χ0n) is 17.3. The van der Waals surface area contributed by atoms with Crippen LogP contribution in [0, 0.1) is 0 Å². The molecule has 1 N–H and O–H groups in total. The van der Waals surface area contributed by atoms with Crippen molar-refractivity contribution in [3.05, 3.63) is 63.9 Å². The molecule has 1 amide bonds. The number of hydrogen-bond acceptors (Lipinski definition) is 6. The molecular formula is C20H15ClF6N2O5. The van der Waals surface area contributed by atoms with Gasteiger partial charge in [-0.15, -0.1) is 0 Å². The highest BCUT2D eigenvalue weighted by atomic mass is 35.5. The Morgan fingerprint density at radius 1 is 0.971 bits per heavy atom. The van der Waals surface area contributed by atoms with Crippen LogP contribution >= 0.6 is 11.6 Å². The first-order valence-corrected chi connectivity index (χ1v) is 9.42. The lowest BCUT2D eigenvalue weighted by molar-refractivity contribution is -0.162. The van der Waals surface area contributed by atoms with E-state index in [1.54, 1.807) is 0 Å². The quantitative estimate of drug-likeness (QED) is 0.360. The molecule has 34 heavy (non-hydrogen) atoms. The number of aromatic nitrogens is 1. The predicted molar refractivity (Wildman–Crippen MR) is 104 cm³/mol. The third kappa shape index (κ3) is 5.24. The molecule has 2 aromatic rings. The molecule has 1 aromatic heterocycles. The van der Waals surface area contributed by atoms with Crippen LogP contribution in [0.25, 0.3) is 0 Å². The van der Waals surface area contributed by atoms with Crippen molar-refractivity contribution >= 4 is 29.4 Å². The summed E-state index contributed by atoms with van der Waals surface area (Å²) in [5, 5.41) is 1.18. The monoisotopic (exact) mass is 512 g/mol. The number of hydrogen-bond donors (Lipinski definition) is 1. The van der Waals surface area contributed by atoms with Crippen molar-refractivity contribution in [1.82, 2.24) is 10.3 Å². The minimum absolute atomic E-state index is 0.280. The topological polar surface area (TPSA) is 94.6 Å². The summed E-state index contributed by atoms with van der Waals surface area (Å²) in [7, 11) is 1.64.